The predicted octanol–water partition coefficient (Wildman–Crippen LogP) is 1.03. The highest BCUT2D eigenvalue weighted by atomic mass is 15.3. The molecular weight excluding hydrogens is 204 g/mol. The third-order valence-electron chi connectivity index (χ3n) is 2.48. The minimum Gasteiger partial charge on any atom is -0.346 e. The molecule has 0 amide bonds. The highest BCUT2D eigenvalue weighted by molar-refractivity contribution is 5.30. The molecule has 16 heavy (non-hydrogen) atoms. The molecule has 86 valence electrons. The summed E-state index contributed by atoms with van der Waals surface area (Å²) < 4.78 is 3.86. The van der Waals surface area contributed by atoms with Gasteiger partial charge in [-0.3, -0.25) is 0 Å². The van der Waals surface area contributed by atoms with Crippen LogP contribution in [0.3, 0.4) is 0 Å². The molecule has 6 nitrogen and oxygen atoms in total. The van der Waals surface area contributed by atoms with E-state index >= 15 is 0 Å². The highest BCUT2D eigenvalue weighted by Gasteiger charge is 2.13. The van der Waals surface area contributed by atoms with E-state index in [1.165, 1.54) is 0 Å². The van der Waals surface area contributed by atoms with Gasteiger partial charge in [0.15, 0.2) is 5.82 Å². The summed E-state index contributed by atoms with van der Waals surface area (Å²) in [4.78, 5) is 4.38. The fraction of sp³-hybridized carbons (Fsp3) is 0.500. The van der Waals surface area contributed by atoms with E-state index in [1.54, 1.807) is 6.33 Å². The van der Waals surface area contributed by atoms with Crippen molar-refractivity contribution < 1.29 is 0 Å². The normalized spacial score (nSPS) is 12.8. The summed E-state index contributed by atoms with van der Waals surface area (Å²) in [5, 5.41) is 11.2. The van der Waals surface area contributed by atoms with E-state index in [2.05, 4.69) is 20.5 Å². The molecule has 2 aromatic heterocycles. The van der Waals surface area contributed by atoms with E-state index in [4.69, 9.17) is 0 Å². The van der Waals surface area contributed by atoms with Crippen LogP contribution in [-0.4, -0.2) is 24.3 Å². The Morgan fingerprint density at radius 1 is 1.31 bits per heavy atom. The predicted molar refractivity (Wildman–Crippen MR) is 61.0 cm³/mol. The van der Waals surface area contributed by atoms with Gasteiger partial charge in [-0.25, -0.2) is 4.98 Å². The van der Waals surface area contributed by atoms with Crippen LogP contribution < -0.4 is 5.32 Å². The molecule has 0 saturated heterocycles. The van der Waals surface area contributed by atoms with E-state index in [1.807, 2.05) is 43.3 Å². The molecule has 0 bridgehead atoms. The smallest absolute Gasteiger partial charge is 0.203 e. The molecule has 0 aliphatic rings. The first-order chi connectivity index (χ1) is 7.58. The highest BCUT2D eigenvalue weighted by Crippen LogP contribution is 2.15. The molecule has 2 heterocycles. The summed E-state index contributed by atoms with van der Waals surface area (Å²) in [5.74, 6) is 1.73. The average molecular weight is 220 g/mol. The SMILES string of the molecule is Cc1cn(C)c(NC(C)c2nncn2C)n1. The van der Waals surface area contributed by atoms with Crippen molar-refractivity contribution in [3.05, 3.63) is 24.0 Å². The molecule has 0 aliphatic heterocycles. The Balaban J connectivity index is 2.16. The molecule has 0 aromatic carbocycles. The standard InChI is InChI=1S/C10H16N6/c1-7-5-15(3)10(12-7)13-8(2)9-14-11-6-16(9)4/h5-6,8H,1-4H3,(H,12,13). The van der Waals surface area contributed by atoms with Gasteiger partial charge < -0.3 is 14.5 Å². The zero-order chi connectivity index (χ0) is 11.7. The first-order valence-electron chi connectivity index (χ1n) is 5.18. The summed E-state index contributed by atoms with van der Waals surface area (Å²) >= 11 is 0. The largest absolute Gasteiger partial charge is 0.346 e. The number of rotatable bonds is 3. The van der Waals surface area contributed by atoms with Gasteiger partial charge in [0, 0.05) is 20.3 Å². The molecular formula is C10H16N6. The first-order valence-corrected chi connectivity index (χ1v) is 5.18. The van der Waals surface area contributed by atoms with Gasteiger partial charge in [-0.1, -0.05) is 0 Å². The van der Waals surface area contributed by atoms with E-state index in [-0.39, 0.29) is 6.04 Å². The number of hydrogen-bond acceptors (Lipinski definition) is 4. The van der Waals surface area contributed by atoms with Crippen LogP contribution in [-0.2, 0) is 14.1 Å². The Hall–Kier alpha value is -1.85. The van der Waals surface area contributed by atoms with Crippen molar-refractivity contribution in [2.45, 2.75) is 19.9 Å². The van der Waals surface area contributed by atoms with Crippen molar-refractivity contribution in [3.63, 3.8) is 0 Å². The summed E-state index contributed by atoms with van der Waals surface area (Å²) in [6.07, 6.45) is 3.67. The fourth-order valence-corrected chi connectivity index (χ4v) is 1.69. The van der Waals surface area contributed by atoms with Gasteiger partial charge in [0.2, 0.25) is 5.95 Å². The van der Waals surface area contributed by atoms with Gasteiger partial charge in [-0.2, -0.15) is 0 Å². The number of nitrogens with one attached hydrogen (secondary N) is 1. The Morgan fingerprint density at radius 2 is 2.06 bits per heavy atom. The van der Waals surface area contributed by atoms with Crippen LogP contribution in [0.5, 0.6) is 0 Å². The van der Waals surface area contributed by atoms with Crippen LogP contribution in [0.2, 0.25) is 0 Å². The Morgan fingerprint density at radius 3 is 2.56 bits per heavy atom. The number of nitrogens with zero attached hydrogens (tertiary/aromatic N) is 5. The second-order valence-electron chi connectivity index (χ2n) is 3.98. The van der Waals surface area contributed by atoms with Crippen LogP contribution >= 0.6 is 0 Å². The monoisotopic (exact) mass is 220 g/mol. The molecule has 0 fully saturated rings. The molecule has 2 aromatic rings. The molecule has 0 saturated carbocycles. The number of hydrogen-bond donors (Lipinski definition) is 1. The van der Waals surface area contributed by atoms with Gasteiger partial charge in [0.1, 0.15) is 6.33 Å². The molecule has 6 heteroatoms. The molecule has 2 rings (SSSR count). The van der Waals surface area contributed by atoms with Crippen molar-refractivity contribution in [2.24, 2.45) is 14.1 Å². The van der Waals surface area contributed by atoms with Crippen LogP contribution in [0.15, 0.2) is 12.5 Å². The summed E-state index contributed by atoms with van der Waals surface area (Å²) in [6, 6.07) is 0.0769. The minimum atomic E-state index is 0.0769. The quantitative estimate of drug-likeness (QED) is 0.839. The third kappa shape index (κ3) is 1.91. The minimum absolute atomic E-state index is 0.0769. The fourth-order valence-electron chi connectivity index (χ4n) is 1.69. The lowest BCUT2D eigenvalue weighted by Gasteiger charge is -2.13. The van der Waals surface area contributed by atoms with E-state index in [0.29, 0.717) is 0 Å². The second-order valence-corrected chi connectivity index (χ2v) is 3.98. The van der Waals surface area contributed by atoms with Crippen molar-refractivity contribution in [1.29, 1.82) is 0 Å². The third-order valence-corrected chi connectivity index (χ3v) is 2.48. The van der Waals surface area contributed by atoms with Crippen molar-refractivity contribution >= 4 is 5.95 Å². The van der Waals surface area contributed by atoms with E-state index in [0.717, 1.165) is 17.5 Å². The Kier molecular flexibility index (Phi) is 2.64. The molecule has 0 aliphatic carbocycles. The van der Waals surface area contributed by atoms with Crippen molar-refractivity contribution in [1.82, 2.24) is 24.3 Å². The first kappa shape index (κ1) is 10.7. The number of anilines is 1. The van der Waals surface area contributed by atoms with Gasteiger partial charge in [-0.05, 0) is 13.8 Å². The van der Waals surface area contributed by atoms with Gasteiger partial charge in [0.25, 0.3) is 0 Å². The van der Waals surface area contributed by atoms with E-state index in [9.17, 15) is 0 Å². The summed E-state index contributed by atoms with van der Waals surface area (Å²) in [6.45, 7) is 4.01. The van der Waals surface area contributed by atoms with Crippen LogP contribution in [0, 0.1) is 6.92 Å². The molecule has 1 atom stereocenters. The average Bonchev–Trinajstić information content (AvgIpc) is 2.74. The second kappa shape index (κ2) is 3.96. The zero-order valence-electron chi connectivity index (χ0n) is 9.97. The zero-order valence-corrected chi connectivity index (χ0v) is 9.97. The van der Waals surface area contributed by atoms with Crippen LogP contribution in [0.1, 0.15) is 24.5 Å². The molecule has 1 N–H and O–H groups in total. The molecule has 0 spiro atoms. The lowest BCUT2D eigenvalue weighted by molar-refractivity contribution is 0.706. The number of imidazole rings is 1. The maximum atomic E-state index is 4.38. The van der Waals surface area contributed by atoms with Crippen molar-refractivity contribution in [2.75, 3.05) is 5.32 Å². The topological polar surface area (TPSA) is 60.6 Å². The number of aromatic nitrogens is 5. The van der Waals surface area contributed by atoms with Crippen molar-refractivity contribution in [3.8, 4) is 0 Å². The van der Waals surface area contributed by atoms with Gasteiger partial charge in [0.05, 0.1) is 11.7 Å². The molecule has 1 unspecified atom stereocenters. The summed E-state index contributed by atoms with van der Waals surface area (Å²) in [7, 11) is 3.89. The van der Waals surface area contributed by atoms with Crippen LogP contribution in [0.4, 0.5) is 5.95 Å². The summed E-state index contributed by atoms with van der Waals surface area (Å²) in [5.41, 5.74) is 0.996. The lowest BCUT2D eigenvalue weighted by Crippen LogP contribution is -2.14. The van der Waals surface area contributed by atoms with E-state index < -0.39 is 0 Å². The maximum Gasteiger partial charge on any atom is 0.203 e. The van der Waals surface area contributed by atoms with Gasteiger partial charge >= 0.3 is 0 Å². The number of aryl methyl sites for hydroxylation is 3. The Bertz CT molecular complexity index is 483. The van der Waals surface area contributed by atoms with Crippen LogP contribution in [0.25, 0.3) is 0 Å². The molecule has 0 radical (unpaired) electrons. The lowest BCUT2D eigenvalue weighted by atomic mass is 10.3. The maximum absolute atomic E-state index is 4.38. The Labute approximate surface area is 94.3 Å². The van der Waals surface area contributed by atoms with Gasteiger partial charge in [-0.15, -0.1) is 10.2 Å².